The Bertz CT molecular complexity index is 1440. The Kier molecular flexibility index (Phi) is 17.4. The van der Waals surface area contributed by atoms with Crippen molar-refractivity contribution in [1.82, 2.24) is 25.8 Å². The lowest BCUT2D eigenvalue weighted by Gasteiger charge is -2.35. The quantitative estimate of drug-likeness (QED) is 0.135. The molecule has 13 heteroatoms. The van der Waals surface area contributed by atoms with Crippen LogP contribution < -0.4 is 16.0 Å². The van der Waals surface area contributed by atoms with E-state index in [4.69, 9.17) is 4.74 Å². The summed E-state index contributed by atoms with van der Waals surface area (Å²) in [6.07, 6.45) is 5.83. The molecular formula is C41H63N5O7S. The zero-order valence-corrected chi connectivity index (χ0v) is 33.5. The maximum absolute atomic E-state index is 14.4. The zero-order chi connectivity index (χ0) is 39.1. The summed E-state index contributed by atoms with van der Waals surface area (Å²) in [5.41, 5.74) is 1.78. The van der Waals surface area contributed by atoms with E-state index in [2.05, 4.69) is 20.9 Å². The van der Waals surface area contributed by atoms with Gasteiger partial charge < -0.3 is 35.8 Å². The van der Waals surface area contributed by atoms with Gasteiger partial charge in [0.05, 0.1) is 54.0 Å². The Morgan fingerprint density at radius 3 is 2.33 bits per heavy atom. The van der Waals surface area contributed by atoms with Crippen LogP contribution in [-0.4, -0.2) is 100 Å². The van der Waals surface area contributed by atoms with Crippen molar-refractivity contribution in [2.75, 3.05) is 32.8 Å². The van der Waals surface area contributed by atoms with Crippen LogP contribution in [-0.2, 0) is 36.8 Å². The van der Waals surface area contributed by atoms with E-state index < -0.39 is 47.4 Å². The molecule has 1 aliphatic carbocycles. The number of thiazole rings is 1. The average molecular weight is 770 g/mol. The lowest BCUT2D eigenvalue weighted by atomic mass is 9.80. The zero-order valence-electron chi connectivity index (χ0n) is 32.6. The van der Waals surface area contributed by atoms with Gasteiger partial charge in [0, 0.05) is 37.9 Å². The van der Waals surface area contributed by atoms with Gasteiger partial charge in [0.2, 0.25) is 23.6 Å². The highest BCUT2D eigenvalue weighted by molar-refractivity contribution is 7.07. The number of carbonyl (C=O) groups is 4. The van der Waals surface area contributed by atoms with Crippen molar-refractivity contribution in [3.05, 3.63) is 52.5 Å². The number of aliphatic hydroxyl groups is 2. The van der Waals surface area contributed by atoms with Crippen LogP contribution in [0.1, 0.15) is 96.7 Å². The number of rotatable bonds is 20. The molecule has 2 heterocycles. The number of aliphatic hydroxyl groups excluding tert-OH is 1. The molecule has 300 valence electrons. The Hall–Kier alpha value is -3.39. The molecule has 54 heavy (non-hydrogen) atoms. The molecule has 2 fully saturated rings. The van der Waals surface area contributed by atoms with E-state index in [-0.39, 0.29) is 42.9 Å². The molecule has 1 saturated carbocycles. The number of carbonyl (C=O) groups excluding carboxylic acids is 4. The smallest absolute Gasteiger partial charge is 0.243 e. The highest BCUT2D eigenvalue weighted by Crippen LogP contribution is 2.30. The van der Waals surface area contributed by atoms with Gasteiger partial charge in [-0.05, 0) is 50.5 Å². The number of hydrogen-bond donors (Lipinski definition) is 5. The van der Waals surface area contributed by atoms with Gasteiger partial charge in [0.25, 0.3) is 0 Å². The summed E-state index contributed by atoms with van der Waals surface area (Å²) in [6.45, 7) is 9.50. The van der Waals surface area contributed by atoms with Crippen LogP contribution in [0.3, 0.4) is 0 Å². The summed E-state index contributed by atoms with van der Waals surface area (Å²) < 4.78 is 5.42. The number of ether oxygens (including phenoxy) is 1. The van der Waals surface area contributed by atoms with Crippen LogP contribution in [0.15, 0.2) is 41.2 Å². The lowest BCUT2D eigenvalue weighted by molar-refractivity contribution is -0.140. The van der Waals surface area contributed by atoms with Crippen LogP contribution in [0.2, 0.25) is 0 Å². The fourth-order valence-electron chi connectivity index (χ4n) is 7.40. The fourth-order valence-corrected chi connectivity index (χ4v) is 7.97. The van der Waals surface area contributed by atoms with E-state index in [0.717, 1.165) is 44.1 Å². The molecule has 4 rings (SSSR count). The maximum atomic E-state index is 14.4. The second-order valence-corrected chi connectivity index (χ2v) is 16.7. The largest absolute Gasteiger partial charge is 0.391 e. The first kappa shape index (κ1) is 43.3. The van der Waals surface area contributed by atoms with E-state index >= 15 is 0 Å². The monoisotopic (exact) mass is 769 g/mol. The summed E-state index contributed by atoms with van der Waals surface area (Å²) in [6, 6.07) is 7.74. The minimum atomic E-state index is -1.42. The highest BCUT2D eigenvalue weighted by atomic mass is 32.1. The number of nitrogens with one attached hydrogen (secondary N) is 3. The molecule has 1 saturated heterocycles. The SMILES string of the molecule is CCC(C)CNC(=O)[C@@H](C[C@H](O)[C@H](CC1CCCCC1)NC(=O)[C@H](Cc1cscn1)NC(=O)C(CC(=O)N1CCOCC1)Cc1ccccc1)C(C)(C)O. The first-order valence-electron chi connectivity index (χ1n) is 19.9. The predicted octanol–water partition coefficient (Wildman–Crippen LogP) is 4.03. The molecule has 12 nitrogen and oxygen atoms in total. The summed E-state index contributed by atoms with van der Waals surface area (Å²) >= 11 is 1.39. The molecule has 2 unspecified atom stereocenters. The van der Waals surface area contributed by atoms with Crippen LogP contribution in [0.5, 0.6) is 0 Å². The summed E-state index contributed by atoms with van der Waals surface area (Å²) in [5.74, 6) is -2.50. The molecule has 4 amide bonds. The lowest BCUT2D eigenvalue weighted by Crippen LogP contribution is -2.56. The molecule has 5 N–H and O–H groups in total. The molecule has 1 aliphatic heterocycles. The number of aromatic nitrogens is 1. The Labute approximate surface area is 325 Å². The normalized spacial score (nSPS) is 18.8. The van der Waals surface area contributed by atoms with Gasteiger partial charge in [0.1, 0.15) is 6.04 Å². The average Bonchev–Trinajstić information content (AvgIpc) is 3.68. The van der Waals surface area contributed by atoms with Crippen molar-refractivity contribution in [2.45, 2.75) is 122 Å². The Balaban J connectivity index is 1.56. The number of benzene rings is 1. The van der Waals surface area contributed by atoms with E-state index in [9.17, 15) is 29.4 Å². The summed E-state index contributed by atoms with van der Waals surface area (Å²) in [7, 11) is 0. The van der Waals surface area contributed by atoms with Gasteiger partial charge in [0.15, 0.2) is 0 Å². The van der Waals surface area contributed by atoms with Gasteiger partial charge in [-0.15, -0.1) is 11.3 Å². The predicted molar refractivity (Wildman–Crippen MR) is 209 cm³/mol. The minimum absolute atomic E-state index is 0.0216. The molecule has 6 atom stereocenters. The number of morpholine rings is 1. The van der Waals surface area contributed by atoms with E-state index in [1.54, 1.807) is 24.3 Å². The van der Waals surface area contributed by atoms with Gasteiger partial charge in [-0.1, -0.05) is 82.7 Å². The van der Waals surface area contributed by atoms with Crippen molar-refractivity contribution in [3.8, 4) is 0 Å². The first-order valence-corrected chi connectivity index (χ1v) is 20.8. The summed E-state index contributed by atoms with van der Waals surface area (Å²) in [4.78, 5) is 61.5. The van der Waals surface area contributed by atoms with Crippen LogP contribution in [0.25, 0.3) is 0 Å². The summed E-state index contributed by atoms with van der Waals surface area (Å²) in [5, 5.41) is 33.8. The minimum Gasteiger partial charge on any atom is -0.391 e. The third-order valence-corrected chi connectivity index (χ3v) is 11.7. The standard InChI is InChI=1S/C41H63N5O7S/c1-5-28(2)25-42-39(50)33(41(3,4)52)24-36(47)34(21-30-14-10-7-11-15-30)44-40(51)35(23-32-26-54-27-43-32)45-38(49)31(20-29-12-8-6-9-13-29)22-37(48)46-16-18-53-19-17-46/h6,8-9,12-13,26-28,30-31,33-36,47,52H,5,7,10-11,14-25H2,1-4H3,(H,42,50)(H,44,51)(H,45,49)/t28?,31?,33-,34+,35+,36+/m1/s1. The third-order valence-electron chi connectivity index (χ3n) is 11.1. The molecule has 0 radical (unpaired) electrons. The second kappa shape index (κ2) is 21.6. The molecule has 1 aromatic carbocycles. The van der Waals surface area contributed by atoms with Crippen molar-refractivity contribution < 1.29 is 34.1 Å². The van der Waals surface area contributed by atoms with Crippen LogP contribution in [0.4, 0.5) is 0 Å². The Morgan fingerprint density at radius 1 is 1.00 bits per heavy atom. The number of hydrogen-bond acceptors (Lipinski definition) is 9. The third kappa shape index (κ3) is 14.0. The molecule has 0 spiro atoms. The first-order chi connectivity index (χ1) is 25.8. The van der Waals surface area contributed by atoms with Gasteiger partial charge in [-0.25, -0.2) is 4.98 Å². The van der Waals surface area contributed by atoms with Crippen molar-refractivity contribution in [2.24, 2.45) is 23.7 Å². The molecular weight excluding hydrogens is 707 g/mol. The van der Waals surface area contributed by atoms with Crippen molar-refractivity contribution in [1.29, 1.82) is 0 Å². The topological polar surface area (TPSA) is 170 Å². The maximum Gasteiger partial charge on any atom is 0.243 e. The number of amides is 4. The van der Waals surface area contributed by atoms with E-state index in [1.807, 2.05) is 49.6 Å². The van der Waals surface area contributed by atoms with E-state index in [0.29, 0.717) is 51.4 Å². The van der Waals surface area contributed by atoms with Gasteiger partial charge in [-0.2, -0.15) is 0 Å². The van der Waals surface area contributed by atoms with Crippen molar-refractivity contribution in [3.63, 3.8) is 0 Å². The highest BCUT2D eigenvalue weighted by Gasteiger charge is 2.39. The van der Waals surface area contributed by atoms with E-state index in [1.165, 1.54) is 11.3 Å². The fraction of sp³-hybridized carbons (Fsp3) is 0.683. The van der Waals surface area contributed by atoms with Gasteiger partial charge >= 0.3 is 0 Å². The van der Waals surface area contributed by atoms with Crippen LogP contribution in [0, 0.1) is 23.7 Å². The van der Waals surface area contributed by atoms with Gasteiger partial charge in [-0.3, -0.25) is 19.2 Å². The molecule has 1 aromatic heterocycles. The van der Waals surface area contributed by atoms with Crippen LogP contribution >= 0.6 is 11.3 Å². The molecule has 0 bridgehead atoms. The molecule has 2 aliphatic rings. The molecule has 2 aromatic rings. The Morgan fingerprint density at radius 2 is 1.70 bits per heavy atom. The van der Waals surface area contributed by atoms with Crippen molar-refractivity contribution >= 4 is 35.0 Å². The second-order valence-electron chi connectivity index (χ2n) is 16.0. The number of nitrogens with zero attached hydrogens (tertiary/aromatic N) is 2.